The summed E-state index contributed by atoms with van der Waals surface area (Å²) in [5.41, 5.74) is 3.18. The van der Waals surface area contributed by atoms with Crippen LogP contribution >= 0.6 is 34.2 Å². The lowest BCUT2D eigenvalue weighted by Crippen LogP contribution is -2.07. The van der Waals surface area contributed by atoms with Gasteiger partial charge in [0, 0.05) is 22.4 Å². The summed E-state index contributed by atoms with van der Waals surface area (Å²) in [4.78, 5) is 0. The van der Waals surface area contributed by atoms with Crippen molar-refractivity contribution >= 4 is 39.9 Å². The molecule has 0 aliphatic rings. The van der Waals surface area contributed by atoms with Crippen LogP contribution in [0.4, 0.5) is 5.69 Å². The highest BCUT2D eigenvalue weighted by molar-refractivity contribution is 14.1. The van der Waals surface area contributed by atoms with Gasteiger partial charge in [-0.05, 0) is 54.6 Å². The van der Waals surface area contributed by atoms with Gasteiger partial charge in [0.15, 0.2) is 0 Å². The summed E-state index contributed by atoms with van der Waals surface area (Å²) >= 11 is 8.47. The van der Waals surface area contributed by atoms with Gasteiger partial charge in [0.25, 0.3) is 0 Å². The fraction of sp³-hybridized carbons (Fsp3) is 0.308. The van der Waals surface area contributed by atoms with E-state index in [1.54, 1.807) is 0 Å². The lowest BCUT2D eigenvalue weighted by molar-refractivity contribution is 0.756. The van der Waals surface area contributed by atoms with E-state index in [4.69, 9.17) is 11.6 Å². The highest BCUT2D eigenvalue weighted by Gasteiger charge is 2.12. The number of hydrogen-bond donors (Lipinski definition) is 1. The summed E-state index contributed by atoms with van der Waals surface area (Å²) in [5, 5.41) is 8.52. The molecule has 2 rings (SSSR count). The minimum absolute atomic E-state index is 0.177. The maximum atomic E-state index is 6.22. The Hall–Kier alpha value is -0.750. The summed E-state index contributed by atoms with van der Waals surface area (Å²) in [6.45, 7) is 4.13. The number of benzene rings is 1. The minimum Gasteiger partial charge on any atom is -0.377 e. The van der Waals surface area contributed by atoms with E-state index in [2.05, 4.69) is 39.9 Å². The molecule has 5 heteroatoms. The highest BCUT2D eigenvalue weighted by atomic mass is 127. The van der Waals surface area contributed by atoms with Crippen LogP contribution in [0.3, 0.4) is 0 Å². The van der Waals surface area contributed by atoms with Gasteiger partial charge in [-0.2, -0.15) is 5.10 Å². The van der Waals surface area contributed by atoms with Gasteiger partial charge in [-0.25, -0.2) is 0 Å². The van der Waals surface area contributed by atoms with Crippen LogP contribution < -0.4 is 5.32 Å². The van der Waals surface area contributed by atoms with Crippen molar-refractivity contribution in [3.05, 3.63) is 44.2 Å². The first-order valence-electron chi connectivity index (χ1n) is 5.69. The third-order valence-electron chi connectivity index (χ3n) is 2.82. The molecule has 1 unspecified atom stereocenters. The number of aromatic nitrogens is 2. The lowest BCUT2D eigenvalue weighted by Gasteiger charge is -2.16. The number of aryl methyl sites for hydroxylation is 2. The molecule has 1 aromatic heterocycles. The molecule has 0 aliphatic carbocycles. The molecule has 0 fully saturated rings. The predicted molar refractivity (Wildman–Crippen MR) is 84.2 cm³/mol. The second kappa shape index (κ2) is 5.48. The Morgan fingerprint density at radius 3 is 2.72 bits per heavy atom. The van der Waals surface area contributed by atoms with E-state index in [-0.39, 0.29) is 6.04 Å². The zero-order chi connectivity index (χ0) is 13.3. The zero-order valence-corrected chi connectivity index (χ0v) is 13.5. The van der Waals surface area contributed by atoms with Crippen molar-refractivity contribution < 1.29 is 0 Å². The van der Waals surface area contributed by atoms with Crippen LogP contribution in [-0.4, -0.2) is 9.78 Å². The van der Waals surface area contributed by atoms with Crippen molar-refractivity contribution in [1.29, 1.82) is 0 Å². The molecule has 3 nitrogen and oxygen atoms in total. The summed E-state index contributed by atoms with van der Waals surface area (Å²) in [5.74, 6) is 0. The Morgan fingerprint density at radius 2 is 2.17 bits per heavy atom. The topological polar surface area (TPSA) is 29.9 Å². The number of nitrogens with zero attached hydrogens (tertiary/aromatic N) is 2. The second-order valence-electron chi connectivity index (χ2n) is 4.33. The smallest absolute Gasteiger partial charge is 0.0648 e. The van der Waals surface area contributed by atoms with E-state index in [0.717, 1.165) is 20.0 Å². The fourth-order valence-corrected chi connectivity index (χ4v) is 2.87. The Kier molecular flexibility index (Phi) is 4.17. The van der Waals surface area contributed by atoms with E-state index in [1.807, 2.05) is 43.0 Å². The Labute approximate surface area is 126 Å². The molecular formula is C13H15ClIN3. The quantitative estimate of drug-likeness (QED) is 0.817. The van der Waals surface area contributed by atoms with Crippen LogP contribution in [0.2, 0.25) is 5.02 Å². The highest BCUT2D eigenvalue weighted by Crippen LogP contribution is 2.28. The van der Waals surface area contributed by atoms with Crippen molar-refractivity contribution in [1.82, 2.24) is 9.78 Å². The number of hydrogen-bond acceptors (Lipinski definition) is 2. The second-order valence-corrected chi connectivity index (χ2v) is 5.99. The standard InChI is InChI=1S/C13H15ClIN3/c1-8(11-7-18(3)17-9(11)2)16-13-5-4-10(15)6-12(13)14/h4-8,16H,1-3H3. The van der Waals surface area contributed by atoms with Gasteiger partial charge < -0.3 is 5.32 Å². The van der Waals surface area contributed by atoms with Crippen LogP contribution in [0.15, 0.2) is 24.4 Å². The van der Waals surface area contributed by atoms with Gasteiger partial charge >= 0.3 is 0 Å². The SMILES string of the molecule is Cc1nn(C)cc1C(C)Nc1ccc(I)cc1Cl. The van der Waals surface area contributed by atoms with Crippen LogP contribution in [0, 0.1) is 10.5 Å². The lowest BCUT2D eigenvalue weighted by atomic mass is 10.1. The summed E-state index contributed by atoms with van der Waals surface area (Å²) < 4.78 is 2.96. The molecular weight excluding hydrogens is 361 g/mol. The van der Waals surface area contributed by atoms with Gasteiger partial charge in [0.2, 0.25) is 0 Å². The first-order valence-corrected chi connectivity index (χ1v) is 7.15. The van der Waals surface area contributed by atoms with Crippen molar-refractivity contribution in [3.8, 4) is 0 Å². The molecule has 0 saturated carbocycles. The molecule has 1 heterocycles. The third kappa shape index (κ3) is 2.98. The van der Waals surface area contributed by atoms with Crippen LogP contribution in [0.1, 0.15) is 24.2 Å². The number of halogens is 2. The predicted octanol–water partition coefficient (Wildman–Crippen LogP) is 4.16. The molecule has 0 radical (unpaired) electrons. The van der Waals surface area contributed by atoms with E-state index in [0.29, 0.717) is 0 Å². The maximum absolute atomic E-state index is 6.22. The van der Waals surface area contributed by atoms with Crippen molar-refractivity contribution in [2.75, 3.05) is 5.32 Å². The third-order valence-corrected chi connectivity index (χ3v) is 3.80. The normalized spacial score (nSPS) is 12.5. The molecule has 0 bridgehead atoms. The van der Waals surface area contributed by atoms with Gasteiger partial charge in [-0.1, -0.05) is 11.6 Å². The Balaban J connectivity index is 2.21. The maximum Gasteiger partial charge on any atom is 0.0648 e. The summed E-state index contributed by atoms with van der Waals surface area (Å²) in [6.07, 6.45) is 2.04. The van der Waals surface area contributed by atoms with E-state index < -0.39 is 0 Å². The molecule has 0 amide bonds. The van der Waals surface area contributed by atoms with E-state index in [9.17, 15) is 0 Å². The van der Waals surface area contributed by atoms with Crippen molar-refractivity contribution in [2.45, 2.75) is 19.9 Å². The molecule has 0 spiro atoms. The zero-order valence-electron chi connectivity index (χ0n) is 10.5. The number of nitrogens with one attached hydrogen (secondary N) is 1. The summed E-state index contributed by atoms with van der Waals surface area (Å²) in [7, 11) is 1.93. The van der Waals surface area contributed by atoms with E-state index in [1.165, 1.54) is 5.56 Å². The molecule has 18 heavy (non-hydrogen) atoms. The molecule has 96 valence electrons. The van der Waals surface area contributed by atoms with Crippen LogP contribution in [0.25, 0.3) is 0 Å². The summed E-state index contributed by atoms with van der Waals surface area (Å²) in [6, 6.07) is 6.17. The molecule has 1 atom stereocenters. The number of rotatable bonds is 3. The molecule has 1 N–H and O–H groups in total. The number of anilines is 1. The average Bonchev–Trinajstić information content (AvgIpc) is 2.62. The van der Waals surface area contributed by atoms with E-state index >= 15 is 0 Å². The minimum atomic E-state index is 0.177. The Morgan fingerprint density at radius 1 is 1.44 bits per heavy atom. The molecule has 0 aliphatic heterocycles. The van der Waals surface area contributed by atoms with Gasteiger partial charge in [0.05, 0.1) is 22.4 Å². The van der Waals surface area contributed by atoms with Gasteiger partial charge in [-0.3, -0.25) is 4.68 Å². The monoisotopic (exact) mass is 375 g/mol. The van der Waals surface area contributed by atoms with Crippen molar-refractivity contribution in [2.24, 2.45) is 7.05 Å². The first kappa shape index (κ1) is 13.7. The van der Waals surface area contributed by atoms with Crippen LogP contribution in [-0.2, 0) is 7.05 Å². The average molecular weight is 376 g/mol. The fourth-order valence-electron chi connectivity index (χ4n) is 1.96. The van der Waals surface area contributed by atoms with Gasteiger partial charge in [-0.15, -0.1) is 0 Å². The largest absolute Gasteiger partial charge is 0.377 e. The van der Waals surface area contributed by atoms with Crippen molar-refractivity contribution in [3.63, 3.8) is 0 Å². The Bertz CT molecular complexity index is 565. The van der Waals surface area contributed by atoms with Crippen LogP contribution in [0.5, 0.6) is 0 Å². The molecule has 0 saturated heterocycles. The molecule has 2 aromatic rings. The first-order chi connectivity index (χ1) is 8.47. The van der Waals surface area contributed by atoms with Gasteiger partial charge in [0.1, 0.15) is 0 Å². The molecule has 1 aromatic carbocycles.